The van der Waals surface area contributed by atoms with E-state index in [4.69, 9.17) is 16.6 Å². The molecule has 4 nitrogen and oxygen atoms in total. The van der Waals surface area contributed by atoms with Crippen molar-refractivity contribution >= 4 is 18.6 Å². The highest BCUT2D eigenvalue weighted by Crippen LogP contribution is 1.85. The molecule has 0 rings (SSSR count). The van der Waals surface area contributed by atoms with E-state index in [0.29, 0.717) is 0 Å². The first-order valence-electron chi connectivity index (χ1n) is 2.04. The molecule has 5 heteroatoms. The van der Waals surface area contributed by atoms with Crippen molar-refractivity contribution in [2.75, 3.05) is 5.75 Å². The fraction of sp³-hybridized carbons (Fsp3) is 0.667. The van der Waals surface area contributed by atoms with Gasteiger partial charge >= 0.3 is 0 Å². The molecule has 8 heavy (non-hydrogen) atoms. The Morgan fingerprint density at radius 3 is 2.38 bits per heavy atom. The summed E-state index contributed by atoms with van der Waals surface area (Å²) in [5, 5.41) is 8.60. The van der Waals surface area contributed by atoms with E-state index >= 15 is 0 Å². The van der Waals surface area contributed by atoms with Gasteiger partial charge in [-0.2, -0.15) is 12.6 Å². The van der Waals surface area contributed by atoms with Crippen LogP contribution in [0.2, 0.25) is 0 Å². The number of rotatable bonds is 2. The molecule has 0 aliphatic rings. The van der Waals surface area contributed by atoms with Crippen LogP contribution in [0.1, 0.15) is 0 Å². The Morgan fingerprint density at radius 2 is 2.25 bits per heavy atom. The Labute approximate surface area is 53.0 Å². The summed E-state index contributed by atoms with van der Waals surface area (Å²) in [5.41, 5.74) is 9.81. The number of aliphatic hydroxyl groups is 1. The molecule has 0 saturated heterocycles. The second-order valence-corrected chi connectivity index (χ2v) is 1.58. The predicted molar refractivity (Wildman–Crippen MR) is 35.7 cm³/mol. The lowest BCUT2D eigenvalue weighted by Crippen LogP contribution is -2.25. The van der Waals surface area contributed by atoms with Crippen LogP contribution >= 0.6 is 12.6 Å². The lowest BCUT2D eigenvalue weighted by atomic mass is 10.7. The van der Waals surface area contributed by atoms with E-state index in [2.05, 4.69) is 17.6 Å². The number of nitrogens with two attached hydrogens (primary N) is 2. The highest BCUT2D eigenvalue weighted by Gasteiger charge is 1.93. The Kier molecular flexibility index (Phi) is 3.38. The van der Waals surface area contributed by atoms with Crippen LogP contribution in [0.4, 0.5) is 0 Å². The van der Waals surface area contributed by atoms with Gasteiger partial charge in [-0.05, 0) is 0 Å². The van der Waals surface area contributed by atoms with Crippen LogP contribution < -0.4 is 11.5 Å². The summed E-state index contributed by atoms with van der Waals surface area (Å²) >= 11 is 3.72. The van der Waals surface area contributed by atoms with Crippen molar-refractivity contribution in [2.45, 2.75) is 6.23 Å². The normalized spacial score (nSPS) is 12.8. The molecule has 0 bridgehead atoms. The Morgan fingerprint density at radius 1 is 1.75 bits per heavy atom. The molecular weight excluding hydrogens is 126 g/mol. The maximum atomic E-state index is 8.60. The second-order valence-electron chi connectivity index (χ2n) is 1.22. The monoisotopic (exact) mass is 135 g/mol. The first-order chi connectivity index (χ1) is 3.66. The first kappa shape index (κ1) is 7.58. The Bertz CT molecular complexity index is 90.5. The molecule has 0 aromatic rings. The maximum Gasteiger partial charge on any atom is 0.188 e. The minimum absolute atomic E-state index is 0.119. The standard InChI is InChI=1S/C3H9N3OS/c4-3(5)6-2(7)1-8/h2,7-8H,1H2,(H4,4,5,6). The highest BCUT2D eigenvalue weighted by atomic mass is 32.1. The summed E-state index contributed by atoms with van der Waals surface area (Å²) in [6, 6.07) is 0. The number of hydrogen-bond donors (Lipinski definition) is 4. The molecule has 0 aliphatic carbocycles. The van der Waals surface area contributed by atoms with Gasteiger partial charge in [-0.15, -0.1) is 0 Å². The molecule has 1 unspecified atom stereocenters. The maximum absolute atomic E-state index is 8.60. The number of aliphatic imine (C=N–C) groups is 1. The van der Waals surface area contributed by atoms with Crippen molar-refractivity contribution in [3.05, 3.63) is 0 Å². The van der Waals surface area contributed by atoms with Crippen LogP contribution in [-0.2, 0) is 0 Å². The van der Waals surface area contributed by atoms with Gasteiger partial charge in [0.15, 0.2) is 12.2 Å². The number of hydrogen-bond acceptors (Lipinski definition) is 3. The zero-order valence-corrected chi connectivity index (χ0v) is 5.18. The molecule has 5 N–H and O–H groups in total. The molecule has 48 valence electrons. The van der Waals surface area contributed by atoms with Crippen LogP contribution in [-0.4, -0.2) is 23.0 Å². The summed E-state index contributed by atoms with van der Waals surface area (Å²) in [6.45, 7) is 0. The van der Waals surface area contributed by atoms with E-state index in [0.717, 1.165) is 0 Å². The molecule has 0 aromatic carbocycles. The minimum Gasteiger partial charge on any atom is -0.371 e. The molecule has 0 aliphatic heterocycles. The topological polar surface area (TPSA) is 84.6 Å². The summed E-state index contributed by atoms with van der Waals surface area (Å²) in [7, 11) is 0. The number of nitrogens with zero attached hydrogens (tertiary/aromatic N) is 1. The van der Waals surface area contributed by atoms with Crippen molar-refractivity contribution in [1.82, 2.24) is 0 Å². The summed E-state index contributed by atoms with van der Waals surface area (Å²) in [4.78, 5) is 3.35. The van der Waals surface area contributed by atoms with E-state index in [-0.39, 0.29) is 11.7 Å². The van der Waals surface area contributed by atoms with Gasteiger partial charge in [0.1, 0.15) is 0 Å². The van der Waals surface area contributed by atoms with Crippen molar-refractivity contribution in [1.29, 1.82) is 0 Å². The average Bonchev–Trinajstić information content (AvgIpc) is 1.65. The molecule has 0 fully saturated rings. The van der Waals surface area contributed by atoms with E-state index in [1.807, 2.05) is 0 Å². The summed E-state index contributed by atoms with van der Waals surface area (Å²) in [6.07, 6.45) is -0.872. The van der Waals surface area contributed by atoms with Crippen LogP contribution in [0.25, 0.3) is 0 Å². The third-order valence-corrected chi connectivity index (χ3v) is 0.788. The molecule has 0 amide bonds. The van der Waals surface area contributed by atoms with E-state index in [1.54, 1.807) is 0 Å². The van der Waals surface area contributed by atoms with E-state index in [9.17, 15) is 0 Å². The van der Waals surface area contributed by atoms with Crippen molar-refractivity contribution in [2.24, 2.45) is 16.5 Å². The third kappa shape index (κ3) is 3.76. The summed E-state index contributed by atoms with van der Waals surface area (Å²) < 4.78 is 0. The summed E-state index contributed by atoms with van der Waals surface area (Å²) in [5.74, 6) is 0.115. The predicted octanol–water partition coefficient (Wildman–Crippen LogP) is -1.49. The Balaban J connectivity index is 3.51. The van der Waals surface area contributed by atoms with Gasteiger partial charge < -0.3 is 16.6 Å². The molecule has 0 heterocycles. The zero-order valence-electron chi connectivity index (χ0n) is 4.28. The van der Waals surface area contributed by atoms with Gasteiger partial charge in [-0.25, -0.2) is 4.99 Å². The fourth-order valence-electron chi connectivity index (χ4n) is 0.213. The molecule has 1 atom stereocenters. The largest absolute Gasteiger partial charge is 0.371 e. The molecule has 0 spiro atoms. The van der Waals surface area contributed by atoms with Crippen LogP contribution in [0, 0.1) is 0 Å². The SMILES string of the molecule is NC(N)=NC(O)CS. The fourth-order valence-corrected chi connectivity index (χ4v) is 0.295. The van der Waals surface area contributed by atoms with Gasteiger partial charge in [-0.3, -0.25) is 0 Å². The molecule has 0 saturated carbocycles. The van der Waals surface area contributed by atoms with Gasteiger partial charge in [0.05, 0.1) is 0 Å². The van der Waals surface area contributed by atoms with Crippen molar-refractivity contribution in [3.63, 3.8) is 0 Å². The molecule has 0 aromatic heterocycles. The van der Waals surface area contributed by atoms with E-state index in [1.165, 1.54) is 0 Å². The number of guanidine groups is 1. The third-order valence-electron chi connectivity index (χ3n) is 0.461. The van der Waals surface area contributed by atoms with Crippen LogP contribution in [0.3, 0.4) is 0 Å². The minimum atomic E-state index is -0.872. The lowest BCUT2D eigenvalue weighted by molar-refractivity contribution is 0.210. The van der Waals surface area contributed by atoms with Gasteiger partial charge in [0.2, 0.25) is 0 Å². The van der Waals surface area contributed by atoms with Gasteiger partial charge in [0, 0.05) is 5.75 Å². The Hall–Kier alpha value is -0.420. The second kappa shape index (κ2) is 3.57. The first-order valence-corrected chi connectivity index (χ1v) is 2.67. The van der Waals surface area contributed by atoms with Gasteiger partial charge in [-0.1, -0.05) is 0 Å². The lowest BCUT2D eigenvalue weighted by Gasteiger charge is -1.98. The molecular formula is C3H9N3OS. The zero-order chi connectivity index (χ0) is 6.57. The van der Waals surface area contributed by atoms with Crippen LogP contribution in [0.5, 0.6) is 0 Å². The van der Waals surface area contributed by atoms with Crippen molar-refractivity contribution < 1.29 is 5.11 Å². The average molecular weight is 135 g/mol. The molecule has 0 radical (unpaired) electrons. The highest BCUT2D eigenvalue weighted by molar-refractivity contribution is 7.80. The smallest absolute Gasteiger partial charge is 0.188 e. The quantitative estimate of drug-likeness (QED) is 0.211. The van der Waals surface area contributed by atoms with Crippen molar-refractivity contribution in [3.8, 4) is 0 Å². The number of aliphatic hydroxyl groups excluding tert-OH is 1. The van der Waals surface area contributed by atoms with E-state index < -0.39 is 6.23 Å². The van der Waals surface area contributed by atoms with Gasteiger partial charge in [0.25, 0.3) is 0 Å². The van der Waals surface area contributed by atoms with Crippen LogP contribution in [0.15, 0.2) is 4.99 Å². The number of thiol groups is 1.